The fourth-order valence-corrected chi connectivity index (χ4v) is 3.97. The third kappa shape index (κ3) is 4.89. The summed E-state index contributed by atoms with van der Waals surface area (Å²) in [4.78, 5) is 21.1. The number of aromatic nitrogens is 2. The Morgan fingerprint density at radius 1 is 1.15 bits per heavy atom. The first-order valence-corrected chi connectivity index (χ1v) is 10.2. The van der Waals surface area contributed by atoms with Crippen LogP contribution in [0.5, 0.6) is 0 Å². The van der Waals surface area contributed by atoms with Crippen molar-refractivity contribution < 1.29 is 4.79 Å². The number of amides is 1. The smallest absolute Gasteiger partial charge is 0.233 e. The Morgan fingerprint density at radius 2 is 1.85 bits per heavy atom. The highest BCUT2D eigenvalue weighted by atomic mass is 32.2. The molecule has 6 heteroatoms. The average Bonchev–Trinajstić information content (AvgIpc) is 3.06. The molecule has 1 aliphatic rings. The van der Waals surface area contributed by atoms with Gasteiger partial charge in [0.1, 0.15) is 0 Å². The van der Waals surface area contributed by atoms with Gasteiger partial charge in [0.2, 0.25) is 5.91 Å². The van der Waals surface area contributed by atoms with Crippen LogP contribution in [0, 0.1) is 0 Å². The molecule has 0 aliphatic carbocycles. The van der Waals surface area contributed by atoms with Crippen molar-refractivity contribution in [1.29, 1.82) is 0 Å². The molecule has 5 nitrogen and oxygen atoms in total. The van der Waals surface area contributed by atoms with Crippen LogP contribution in [0.1, 0.15) is 30.9 Å². The molecule has 0 atom stereocenters. The van der Waals surface area contributed by atoms with Gasteiger partial charge in [-0.2, -0.15) is 0 Å². The highest BCUT2D eigenvalue weighted by molar-refractivity contribution is 7.99. The second-order valence-corrected chi connectivity index (χ2v) is 8.11. The molecule has 1 aromatic heterocycles. The molecule has 3 rings (SSSR count). The molecule has 0 saturated carbocycles. The second kappa shape index (κ2) is 8.73. The normalized spacial score (nSPS) is 15.6. The number of aryl methyl sites for hydroxylation is 1. The maximum absolute atomic E-state index is 12.4. The Balaban J connectivity index is 1.43. The van der Waals surface area contributed by atoms with Gasteiger partial charge in [0.25, 0.3) is 0 Å². The Kier molecular flexibility index (Phi) is 6.38. The van der Waals surface area contributed by atoms with E-state index in [4.69, 9.17) is 0 Å². The standard InChI is InChI=1S/C20H28N4OS/c1-16(2)18-6-4-17(5-7-18)14-23-10-12-24(13-11-23)19(25)15-26-20-21-8-9-22(20)3/h4-9,16H,10-15H2,1-3H3. The molecule has 1 aliphatic heterocycles. The van der Waals surface area contributed by atoms with Crippen molar-refractivity contribution in [3.63, 3.8) is 0 Å². The van der Waals surface area contributed by atoms with Gasteiger partial charge in [-0.05, 0) is 17.0 Å². The summed E-state index contributed by atoms with van der Waals surface area (Å²) in [5, 5.41) is 0.891. The Morgan fingerprint density at radius 3 is 2.42 bits per heavy atom. The van der Waals surface area contributed by atoms with E-state index in [2.05, 4.69) is 48.0 Å². The second-order valence-electron chi connectivity index (χ2n) is 7.16. The number of benzene rings is 1. The van der Waals surface area contributed by atoms with E-state index in [0.717, 1.165) is 37.9 Å². The number of piperazine rings is 1. The number of carbonyl (C=O) groups excluding carboxylic acids is 1. The van der Waals surface area contributed by atoms with Crippen LogP contribution in [0.4, 0.5) is 0 Å². The zero-order valence-electron chi connectivity index (χ0n) is 15.9. The number of hydrogen-bond donors (Lipinski definition) is 0. The molecule has 2 aromatic rings. The molecule has 2 heterocycles. The molecule has 1 aromatic carbocycles. The molecule has 0 unspecified atom stereocenters. The van der Waals surface area contributed by atoms with Crippen LogP contribution in [0.15, 0.2) is 41.8 Å². The predicted molar refractivity (Wildman–Crippen MR) is 106 cm³/mol. The molecule has 1 amide bonds. The third-order valence-corrected chi connectivity index (χ3v) is 5.92. The zero-order chi connectivity index (χ0) is 18.5. The van der Waals surface area contributed by atoms with Gasteiger partial charge >= 0.3 is 0 Å². The molecular formula is C20H28N4OS. The zero-order valence-corrected chi connectivity index (χ0v) is 16.7. The van der Waals surface area contributed by atoms with Crippen LogP contribution >= 0.6 is 11.8 Å². The van der Waals surface area contributed by atoms with E-state index in [1.54, 1.807) is 6.20 Å². The predicted octanol–water partition coefficient (Wildman–Crippen LogP) is 2.98. The summed E-state index contributed by atoms with van der Waals surface area (Å²) < 4.78 is 1.94. The quantitative estimate of drug-likeness (QED) is 0.731. The Bertz CT molecular complexity index is 718. The largest absolute Gasteiger partial charge is 0.339 e. The summed E-state index contributed by atoms with van der Waals surface area (Å²) >= 11 is 1.51. The van der Waals surface area contributed by atoms with Crippen LogP contribution < -0.4 is 0 Å². The fourth-order valence-electron chi connectivity index (χ4n) is 3.13. The molecule has 0 bridgehead atoms. The molecule has 1 fully saturated rings. The summed E-state index contributed by atoms with van der Waals surface area (Å²) in [5.74, 6) is 1.24. The fraction of sp³-hybridized carbons (Fsp3) is 0.500. The first-order chi connectivity index (χ1) is 12.5. The van der Waals surface area contributed by atoms with Crippen molar-refractivity contribution >= 4 is 17.7 Å². The van der Waals surface area contributed by atoms with Gasteiger partial charge in [-0.3, -0.25) is 9.69 Å². The van der Waals surface area contributed by atoms with Gasteiger partial charge in [0.05, 0.1) is 5.75 Å². The lowest BCUT2D eigenvalue weighted by atomic mass is 10.0. The Labute approximate surface area is 160 Å². The molecule has 140 valence electrons. The van der Waals surface area contributed by atoms with Crippen LogP contribution in [-0.2, 0) is 18.4 Å². The van der Waals surface area contributed by atoms with Crippen molar-refractivity contribution in [1.82, 2.24) is 19.4 Å². The summed E-state index contributed by atoms with van der Waals surface area (Å²) in [6, 6.07) is 8.93. The Hall–Kier alpha value is -1.79. The van der Waals surface area contributed by atoms with Crippen LogP contribution in [-0.4, -0.2) is 57.2 Å². The lowest BCUT2D eigenvalue weighted by Gasteiger charge is -2.34. The van der Waals surface area contributed by atoms with Crippen molar-refractivity contribution in [2.45, 2.75) is 31.5 Å². The van der Waals surface area contributed by atoms with Gasteiger partial charge in [-0.25, -0.2) is 4.98 Å². The number of hydrogen-bond acceptors (Lipinski definition) is 4. The topological polar surface area (TPSA) is 41.4 Å². The molecule has 0 spiro atoms. The molecule has 26 heavy (non-hydrogen) atoms. The molecule has 1 saturated heterocycles. The number of carbonyl (C=O) groups is 1. The lowest BCUT2D eigenvalue weighted by molar-refractivity contribution is -0.130. The van der Waals surface area contributed by atoms with Crippen LogP contribution in [0.25, 0.3) is 0 Å². The van der Waals surface area contributed by atoms with Gasteiger partial charge in [0, 0.05) is 52.2 Å². The van der Waals surface area contributed by atoms with E-state index in [1.807, 2.05) is 22.7 Å². The van der Waals surface area contributed by atoms with Crippen molar-refractivity contribution in [3.8, 4) is 0 Å². The summed E-state index contributed by atoms with van der Waals surface area (Å²) in [5.41, 5.74) is 2.73. The van der Waals surface area contributed by atoms with Gasteiger partial charge in [0.15, 0.2) is 5.16 Å². The van der Waals surface area contributed by atoms with Gasteiger partial charge < -0.3 is 9.47 Å². The first kappa shape index (κ1) is 19.0. The van der Waals surface area contributed by atoms with E-state index < -0.39 is 0 Å². The molecule has 0 radical (unpaired) electrons. The van der Waals surface area contributed by atoms with Crippen molar-refractivity contribution in [3.05, 3.63) is 47.8 Å². The highest BCUT2D eigenvalue weighted by Crippen LogP contribution is 2.18. The van der Waals surface area contributed by atoms with Crippen molar-refractivity contribution in [2.24, 2.45) is 7.05 Å². The van der Waals surface area contributed by atoms with E-state index in [9.17, 15) is 4.79 Å². The van der Waals surface area contributed by atoms with Crippen molar-refractivity contribution in [2.75, 3.05) is 31.9 Å². The van der Waals surface area contributed by atoms with E-state index in [1.165, 1.54) is 22.9 Å². The average molecular weight is 373 g/mol. The molecule has 0 N–H and O–H groups in total. The third-order valence-electron chi connectivity index (χ3n) is 4.88. The molecular weight excluding hydrogens is 344 g/mol. The highest BCUT2D eigenvalue weighted by Gasteiger charge is 2.21. The lowest BCUT2D eigenvalue weighted by Crippen LogP contribution is -2.48. The SMILES string of the molecule is CC(C)c1ccc(CN2CCN(C(=O)CSc3nccn3C)CC2)cc1. The maximum atomic E-state index is 12.4. The summed E-state index contributed by atoms with van der Waals surface area (Å²) in [7, 11) is 1.95. The van der Waals surface area contributed by atoms with Gasteiger partial charge in [-0.15, -0.1) is 0 Å². The van der Waals surface area contributed by atoms with Crippen LogP contribution in [0.3, 0.4) is 0 Å². The minimum Gasteiger partial charge on any atom is -0.339 e. The monoisotopic (exact) mass is 372 g/mol. The maximum Gasteiger partial charge on any atom is 0.233 e. The summed E-state index contributed by atoms with van der Waals surface area (Å²) in [6.07, 6.45) is 3.67. The number of thioether (sulfide) groups is 1. The minimum atomic E-state index is 0.207. The number of nitrogens with zero attached hydrogens (tertiary/aromatic N) is 4. The minimum absolute atomic E-state index is 0.207. The number of imidazole rings is 1. The van der Waals surface area contributed by atoms with Crippen LogP contribution in [0.2, 0.25) is 0 Å². The number of rotatable bonds is 6. The van der Waals surface area contributed by atoms with E-state index in [-0.39, 0.29) is 5.91 Å². The first-order valence-electron chi connectivity index (χ1n) is 9.22. The van der Waals surface area contributed by atoms with Gasteiger partial charge in [-0.1, -0.05) is 49.9 Å². The van der Waals surface area contributed by atoms with E-state index in [0.29, 0.717) is 11.7 Å². The summed E-state index contributed by atoms with van der Waals surface area (Å²) in [6.45, 7) is 8.89. The van der Waals surface area contributed by atoms with E-state index >= 15 is 0 Å².